The Hall–Kier alpha value is -3.54. The number of hydrogen-bond acceptors (Lipinski definition) is 6. The van der Waals surface area contributed by atoms with Gasteiger partial charge in [-0.15, -0.1) is 0 Å². The molecule has 0 saturated carbocycles. The third-order valence-electron chi connectivity index (χ3n) is 4.58. The van der Waals surface area contributed by atoms with Gasteiger partial charge in [0.2, 0.25) is 0 Å². The molecule has 0 atom stereocenters. The molecule has 2 aromatic carbocycles. The first-order valence-electron chi connectivity index (χ1n) is 8.44. The molecule has 2 aromatic heterocycles. The number of carbonyl (C=O) groups is 1. The Kier molecular flexibility index (Phi) is 4.16. The van der Waals surface area contributed by atoms with Gasteiger partial charge in [-0.05, 0) is 43.2 Å². The molecule has 0 bridgehead atoms. The van der Waals surface area contributed by atoms with Crippen LogP contribution in [0.4, 0.5) is 0 Å². The SMILES string of the molecule is Cc1ccc2c(COC(=O)c3ccc4nccnc4c3)cc(=O)oc2c1C. The van der Waals surface area contributed by atoms with Crippen molar-refractivity contribution in [3.8, 4) is 0 Å². The van der Waals surface area contributed by atoms with Crippen molar-refractivity contribution in [1.82, 2.24) is 9.97 Å². The maximum atomic E-state index is 12.4. The maximum absolute atomic E-state index is 12.4. The Bertz CT molecular complexity index is 1240. The van der Waals surface area contributed by atoms with Crippen LogP contribution in [-0.2, 0) is 11.3 Å². The molecule has 0 aliphatic carbocycles. The van der Waals surface area contributed by atoms with Gasteiger partial charge in [-0.2, -0.15) is 0 Å². The first-order valence-corrected chi connectivity index (χ1v) is 8.44. The molecule has 27 heavy (non-hydrogen) atoms. The molecule has 6 heteroatoms. The summed E-state index contributed by atoms with van der Waals surface area (Å²) in [5, 5.41) is 0.759. The lowest BCUT2D eigenvalue weighted by atomic mass is 10.0. The minimum absolute atomic E-state index is 0.0259. The summed E-state index contributed by atoms with van der Waals surface area (Å²) in [5.41, 5.74) is 4.27. The smallest absolute Gasteiger partial charge is 0.338 e. The van der Waals surface area contributed by atoms with Crippen molar-refractivity contribution in [3.05, 3.63) is 81.5 Å². The average molecular weight is 360 g/mol. The molecule has 0 N–H and O–H groups in total. The first kappa shape index (κ1) is 16.9. The largest absolute Gasteiger partial charge is 0.457 e. The topological polar surface area (TPSA) is 82.3 Å². The van der Waals surface area contributed by atoms with Crippen molar-refractivity contribution in [2.24, 2.45) is 0 Å². The van der Waals surface area contributed by atoms with E-state index in [4.69, 9.17) is 9.15 Å². The molecule has 0 aliphatic heterocycles. The van der Waals surface area contributed by atoms with Gasteiger partial charge in [-0.25, -0.2) is 9.59 Å². The minimum Gasteiger partial charge on any atom is -0.457 e. The lowest BCUT2D eigenvalue weighted by Crippen LogP contribution is -2.08. The molecular weight excluding hydrogens is 344 g/mol. The van der Waals surface area contributed by atoms with E-state index in [9.17, 15) is 9.59 Å². The summed E-state index contributed by atoms with van der Waals surface area (Å²) in [7, 11) is 0. The molecule has 0 unspecified atom stereocenters. The lowest BCUT2D eigenvalue weighted by Gasteiger charge is -2.10. The van der Waals surface area contributed by atoms with E-state index in [2.05, 4.69) is 9.97 Å². The zero-order chi connectivity index (χ0) is 19.0. The summed E-state index contributed by atoms with van der Waals surface area (Å²) in [6.45, 7) is 3.82. The Morgan fingerprint density at radius 2 is 1.81 bits per heavy atom. The van der Waals surface area contributed by atoms with E-state index in [0.717, 1.165) is 16.5 Å². The second-order valence-electron chi connectivity index (χ2n) is 6.31. The second kappa shape index (κ2) is 6.64. The van der Waals surface area contributed by atoms with Gasteiger partial charge in [-0.3, -0.25) is 9.97 Å². The van der Waals surface area contributed by atoms with Gasteiger partial charge in [0.05, 0.1) is 16.6 Å². The Morgan fingerprint density at radius 1 is 1.04 bits per heavy atom. The number of hydrogen-bond donors (Lipinski definition) is 0. The van der Waals surface area contributed by atoms with E-state index in [1.165, 1.54) is 6.07 Å². The summed E-state index contributed by atoms with van der Waals surface area (Å²) >= 11 is 0. The Labute approximate surface area is 154 Å². The number of benzene rings is 2. The van der Waals surface area contributed by atoms with Crippen molar-refractivity contribution in [3.63, 3.8) is 0 Å². The van der Waals surface area contributed by atoms with Gasteiger partial charge in [0.25, 0.3) is 0 Å². The van der Waals surface area contributed by atoms with Crippen LogP contribution in [-0.4, -0.2) is 15.9 Å². The highest BCUT2D eigenvalue weighted by Gasteiger charge is 2.13. The third-order valence-corrected chi connectivity index (χ3v) is 4.58. The normalized spacial score (nSPS) is 11.0. The highest BCUT2D eigenvalue weighted by Crippen LogP contribution is 2.24. The zero-order valence-electron chi connectivity index (χ0n) is 14.9. The Morgan fingerprint density at radius 3 is 2.63 bits per heavy atom. The van der Waals surface area contributed by atoms with Crippen molar-refractivity contribution in [2.75, 3.05) is 0 Å². The quantitative estimate of drug-likeness (QED) is 0.409. The molecule has 0 spiro atoms. The molecule has 0 radical (unpaired) electrons. The number of aryl methyl sites for hydroxylation is 2. The third kappa shape index (κ3) is 3.17. The van der Waals surface area contributed by atoms with E-state index in [-0.39, 0.29) is 6.61 Å². The summed E-state index contributed by atoms with van der Waals surface area (Å²) in [6, 6.07) is 10.2. The highest BCUT2D eigenvalue weighted by molar-refractivity contribution is 5.93. The minimum atomic E-state index is -0.493. The van der Waals surface area contributed by atoms with Gasteiger partial charge >= 0.3 is 11.6 Å². The number of rotatable bonds is 3. The monoisotopic (exact) mass is 360 g/mol. The number of carbonyl (C=O) groups excluding carboxylic acids is 1. The molecular formula is C21H16N2O4. The van der Waals surface area contributed by atoms with Gasteiger partial charge in [-0.1, -0.05) is 12.1 Å². The van der Waals surface area contributed by atoms with Crippen molar-refractivity contribution in [2.45, 2.75) is 20.5 Å². The number of nitrogens with zero attached hydrogens (tertiary/aromatic N) is 2. The molecule has 0 amide bonds. The highest BCUT2D eigenvalue weighted by atomic mass is 16.5. The molecule has 6 nitrogen and oxygen atoms in total. The van der Waals surface area contributed by atoms with Crippen LogP contribution in [0.15, 0.2) is 58.0 Å². The molecule has 0 fully saturated rings. The standard InChI is InChI=1S/C21H16N2O4/c1-12-3-5-16-15(10-19(24)27-20(16)13(12)2)11-26-21(25)14-4-6-17-18(9-14)23-8-7-22-17/h3-10H,11H2,1-2H3. The van der Waals surface area contributed by atoms with E-state index in [1.54, 1.807) is 30.6 Å². The predicted molar refractivity (Wildman–Crippen MR) is 101 cm³/mol. The van der Waals surface area contributed by atoms with Crippen LogP contribution < -0.4 is 5.63 Å². The molecule has 2 heterocycles. The van der Waals surface area contributed by atoms with Crippen LogP contribution in [0.25, 0.3) is 22.0 Å². The lowest BCUT2D eigenvalue weighted by molar-refractivity contribution is 0.0474. The van der Waals surface area contributed by atoms with Crippen LogP contribution in [0.5, 0.6) is 0 Å². The number of aromatic nitrogens is 2. The molecule has 0 saturated heterocycles. The first-order chi connectivity index (χ1) is 13.0. The van der Waals surface area contributed by atoms with Crippen LogP contribution in [0.2, 0.25) is 0 Å². The van der Waals surface area contributed by atoms with E-state index >= 15 is 0 Å². The van der Waals surface area contributed by atoms with Gasteiger partial charge < -0.3 is 9.15 Å². The number of esters is 1. The fourth-order valence-electron chi connectivity index (χ4n) is 2.96. The number of ether oxygens (including phenoxy) is 1. The van der Waals surface area contributed by atoms with E-state index in [1.807, 2.05) is 26.0 Å². The fraction of sp³-hybridized carbons (Fsp3) is 0.143. The van der Waals surface area contributed by atoms with Crippen LogP contribution in [0.3, 0.4) is 0 Å². The summed E-state index contributed by atoms with van der Waals surface area (Å²) < 4.78 is 10.8. The van der Waals surface area contributed by atoms with Crippen molar-refractivity contribution in [1.29, 1.82) is 0 Å². The summed E-state index contributed by atoms with van der Waals surface area (Å²) in [6.07, 6.45) is 3.16. The zero-order valence-corrected chi connectivity index (χ0v) is 14.9. The maximum Gasteiger partial charge on any atom is 0.338 e. The number of fused-ring (bicyclic) bond motifs is 2. The molecule has 0 aliphatic rings. The van der Waals surface area contributed by atoms with Crippen LogP contribution >= 0.6 is 0 Å². The van der Waals surface area contributed by atoms with Crippen LogP contribution in [0.1, 0.15) is 27.0 Å². The summed E-state index contributed by atoms with van der Waals surface area (Å²) in [5.74, 6) is -0.493. The van der Waals surface area contributed by atoms with Crippen LogP contribution in [0, 0.1) is 13.8 Å². The van der Waals surface area contributed by atoms with Gasteiger partial charge in [0.15, 0.2) is 0 Å². The van der Waals surface area contributed by atoms with E-state index in [0.29, 0.717) is 27.7 Å². The van der Waals surface area contributed by atoms with E-state index < -0.39 is 11.6 Å². The van der Waals surface area contributed by atoms with Gasteiger partial charge in [0.1, 0.15) is 12.2 Å². The molecule has 134 valence electrons. The fourth-order valence-corrected chi connectivity index (χ4v) is 2.96. The summed E-state index contributed by atoms with van der Waals surface area (Å²) in [4.78, 5) is 32.7. The van der Waals surface area contributed by atoms with Crippen molar-refractivity contribution < 1.29 is 13.9 Å². The average Bonchev–Trinajstić information content (AvgIpc) is 2.68. The van der Waals surface area contributed by atoms with Crippen molar-refractivity contribution >= 4 is 28.0 Å². The van der Waals surface area contributed by atoms with Gasteiger partial charge in [0, 0.05) is 29.4 Å². The Balaban J connectivity index is 1.63. The second-order valence-corrected chi connectivity index (χ2v) is 6.31. The molecule has 4 rings (SSSR count). The predicted octanol–water partition coefficient (Wildman–Crippen LogP) is 3.71. The molecule has 4 aromatic rings.